The zero-order chi connectivity index (χ0) is 52.9. The summed E-state index contributed by atoms with van der Waals surface area (Å²) in [5.74, 6) is -3.13. The first-order valence-corrected chi connectivity index (χ1v) is 23.5. The van der Waals surface area contributed by atoms with Gasteiger partial charge in [-0.05, 0) is 61.7 Å². The van der Waals surface area contributed by atoms with Crippen LogP contribution in [0.15, 0.2) is 84.0 Å². The third-order valence-corrected chi connectivity index (χ3v) is 12.9. The van der Waals surface area contributed by atoms with Gasteiger partial charge in [-0.2, -0.15) is 0 Å². The summed E-state index contributed by atoms with van der Waals surface area (Å²) in [5.41, 5.74) is 0.179. The Hall–Kier alpha value is -5.34. The van der Waals surface area contributed by atoms with Gasteiger partial charge in [-0.3, -0.25) is 19.2 Å². The molecule has 0 aromatic heterocycles. The second-order valence-corrected chi connectivity index (χ2v) is 21.9. The summed E-state index contributed by atoms with van der Waals surface area (Å²) in [6, 6.07) is 16.0. The number of carbonyl (C=O) groups is 6. The summed E-state index contributed by atoms with van der Waals surface area (Å²) in [5, 5.41) is 30.9. The molecule has 6 atom stereocenters. The molecule has 4 amide bonds. The van der Waals surface area contributed by atoms with Gasteiger partial charge in [0.05, 0.1) is 24.2 Å². The molecule has 0 bridgehead atoms. The Morgan fingerprint density at radius 3 is 0.971 bits per heavy atom. The largest absolute Gasteiger partial charge is 0.478 e. The summed E-state index contributed by atoms with van der Waals surface area (Å²) in [4.78, 5) is 80.2. The number of amides is 4. The van der Waals surface area contributed by atoms with Crippen LogP contribution >= 0.6 is 0 Å². The van der Waals surface area contributed by atoms with Crippen molar-refractivity contribution in [1.29, 1.82) is 0 Å². The molecule has 380 valence electrons. The standard InChI is InChI=1S/2C27H43N3O4/c2*1-17(2)20(16-18(3)25(33)34)30(10)24(32)22(26(4,5)6)29-23(31)21(28-9)27(7,8)19-14-12-11-13-15-19/h2*11-17,20-22,28H,1-10H3,(H,29,31)(H,33,34)/b2*18-16+/t2*20-,21-,22-/m11/s1. The van der Waals surface area contributed by atoms with Crippen LogP contribution in [0.1, 0.15) is 122 Å². The quantitative estimate of drug-likeness (QED) is 0.0739. The van der Waals surface area contributed by atoms with Crippen molar-refractivity contribution in [3.8, 4) is 0 Å². The van der Waals surface area contributed by atoms with E-state index >= 15 is 0 Å². The number of nitrogens with zero attached hydrogens (tertiary/aromatic N) is 2. The summed E-state index contributed by atoms with van der Waals surface area (Å²) in [7, 11) is 6.80. The molecule has 0 aliphatic heterocycles. The maximum Gasteiger partial charge on any atom is 0.331 e. The number of carboxylic acid groups (broad SMARTS) is 2. The molecule has 0 radical (unpaired) electrons. The van der Waals surface area contributed by atoms with E-state index in [1.807, 2.05) is 158 Å². The molecule has 14 heteroatoms. The summed E-state index contributed by atoms with van der Waals surface area (Å²) < 4.78 is 0. The van der Waals surface area contributed by atoms with Crippen LogP contribution in [0.5, 0.6) is 0 Å². The van der Waals surface area contributed by atoms with Gasteiger partial charge in [0.2, 0.25) is 23.6 Å². The number of rotatable bonds is 20. The molecule has 6 N–H and O–H groups in total. The van der Waals surface area contributed by atoms with E-state index in [4.69, 9.17) is 0 Å². The lowest BCUT2D eigenvalue weighted by Crippen LogP contribution is -2.61. The van der Waals surface area contributed by atoms with Crippen LogP contribution in [0.3, 0.4) is 0 Å². The Morgan fingerprint density at radius 1 is 0.500 bits per heavy atom. The second-order valence-electron chi connectivity index (χ2n) is 21.9. The third kappa shape index (κ3) is 16.4. The Morgan fingerprint density at radius 2 is 0.765 bits per heavy atom. The molecule has 0 fully saturated rings. The van der Waals surface area contributed by atoms with Crippen molar-refractivity contribution in [3.63, 3.8) is 0 Å². The van der Waals surface area contributed by atoms with E-state index in [0.717, 1.165) is 11.1 Å². The predicted octanol–water partition coefficient (Wildman–Crippen LogP) is 7.19. The molecule has 0 aliphatic rings. The molecule has 0 spiro atoms. The second kappa shape index (κ2) is 25.3. The first-order valence-electron chi connectivity index (χ1n) is 23.5. The number of likely N-dealkylation sites (N-methyl/N-ethyl adjacent to an activating group) is 4. The topological polar surface area (TPSA) is 197 Å². The third-order valence-electron chi connectivity index (χ3n) is 12.9. The zero-order valence-electron chi connectivity index (χ0n) is 44.8. The maximum atomic E-state index is 13.7. The fourth-order valence-corrected chi connectivity index (χ4v) is 8.32. The lowest BCUT2D eigenvalue weighted by atomic mass is 9.76. The molecule has 0 heterocycles. The Kier molecular flexibility index (Phi) is 22.6. The van der Waals surface area contributed by atoms with Crippen molar-refractivity contribution < 1.29 is 39.0 Å². The number of hydrogen-bond donors (Lipinski definition) is 6. The van der Waals surface area contributed by atoms with Gasteiger partial charge in [0.25, 0.3) is 0 Å². The van der Waals surface area contributed by atoms with E-state index in [-0.39, 0.29) is 46.6 Å². The number of hydrogen-bond acceptors (Lipinski definition) is 8. The highest BCUT2D eigenvalue weighted by Gasteiger charge is 2.43. The van der Waals surface area contributed by atoms with Gasteiger partial charge in [-0.15, -0.1) is 0 Å². The van der Waals surface area contributed by atoms with Crippen LogP contribution in [0.4, 0.5) is 0 Å². The van der Waals surface area contributed by atoms with E-state index in [2.05, 4.69) is 21.3 Å². The number of benzene rings is 2. The first-order chi connectivity index (χ1) is 31.1. The maximum absolute atomic E-state index is 13.7. The molecule has 0 unspecified atom stereocenters. The number of aliphatic carboxylic acids is 2. The summed E-state index contributed by atoms with van der Waals surface area (Å²) in [6.45, 7) is 30.2. The Balaban J connectivity index is 0.000000680. The molecular formula is C54H86N6O8. The Bertz CT molecular complexity index is 1920. The van der Waals surface area contributed by atoms with E-state index in [0.29, 0.717) is 0 Å². The van der Waals surface area contributed by atoms with Crippen molar-refractivity contribution in [3.05, 3.63) is 95.1 Å². The lowest BCUT2D eigenvalue weighted by Gasteiger charge is -2.39. The van der Waals surface area contributed by atoms with Gasteiger partial charge in [-0.1, -0.05) is 170 Å². The van der Waals surface area contributed by atoms with Gasteiger partial charge >= 0.3 is 11.9 Å². The van der Waals surface area contributed by atoms with E-state index in [1.165, 1.54) is 13.8 Å². The van der Waals surface area contributed by atoms with Crippen molar-refractivity contribution in [2.75, 3.05) is 28.2 Å². The minimum atomic E-state index is -1.02. The number of nitrogens with one attached hydrogen (secondary N) is 4. The average molecular weight is 947 g/mol. The van der Waals surface area contributed by atoms with Crippen LogP contribution < -0.4 is 21.3 Å². The summed E-state index contributed by atoms with van der Waals surface area (Å²) in [6.07, 6.45) is 3.20. The predicted molar refractivity (Wildman–Crippen MR) is 273 cm³/mol. The molecular weight excluding hydrogens is 861 g/mol. The molecule has 2 aromatic carbocycles. The van der Waals surface area contributed by atoms with Gasteiger partial charge in [0.1, 0.15) is 12.1 Å². The highest BCUT2D eigenvalue weighted by molar-refractivity contribution is 5.93. The van der Waals surface area contributed by atoms with Crippen molar-refractivity contribution >= 4 is 35.6 Å². The number of carboxylic acids is 2. The van der Waals surface area contributed by atoms with Crippen LogP contribution in [-0.4, -0.2) is 120 Å². The first kappa shape index (κ1) is 60.7. The van der Waals surface area contributed by atoms with Crippen LogP contribution in [0.2, 0.25) is 0 Å². The highest BCUT2D eigenvalue weighted by atomic mass is 16.4. The molecule has 68 heavy (non-hydrogen) atoms. The van der Waals surface area contributed by atoms with Crippen molar-refractivity contribution in [2.24, 2.45) is 22.7 Å². The van der Waals surface area contributed by atoms with Crippen molar-refractivity contribution in [2.45, 2.75) is 158 Å². The smallest absolute Gasteiger partial charge is 0.331 e. The van der Waals surface area contributed by atoms with Gasteiger partial charge in [0.15, 0.2) is 0 Å². The van der Waals surface area contributed by atoms with Crippen LogP contribution in [0.25, 0.3) is 0 Å². The van der Waals surface area contributed by atoms with Crippen LogP contribution in [-0.2, 0) is 39.6 Å². The molecule has 2 aromatic rings. The molecule has 0 saturated heterocycles. The van der Waals surface area contributed by atoms with E-state index in [9.17, 15) is 39.0 Å². The number of carbonyl (C=O) groups excluding carboxylic acids is 4. The van der Waals surface area contributed by atoms with Gasteiger partial charge in [0, 0.05) is 36.1 Å². The van der Waals surface area contributed by atoms with Gasteiger partial charge in [-0.25, -0.2) is 9.59 Å². The minimum Gasteiger partial charge on any atom is -0.478 e. The fourth-order valence-electron chi connectivity index (χ4n) is 8.32. The van der Waals surface area contributed by atoms with Gasteiger partial charge < -0.3 is 41.3 Å². The SMILES string of the molecule is CN[C@H](C(=O)N[C@H](C(=O)N(C)[C@H](/C=C(\C)C(=O)O)C(C)C)C(C)(C)C)C(C)(C)c1ccccc1.CN[C@H](C(=O)N[C@H](C(=O)N(C)[C@H](/C=C(\C)C(=O)O)C(C)C)C(C)(C)C)C(C)(C)c1ccccc1. The highest BCUT2D eigenvalue weighted by Crippen LogP contribution is 2.31. The molecule has 0 saturated carbocycles. The lowest BCUT2D eigenvalue weighted by molar-refractivity contribution is -0.141. The minimum absolute atomic E-state index is 0.0124. The summed E-state index contributed by atoms with van der Waals surface area (Å²) >= 11 is 0. The molecule has 0 aliphatic carbocycles. The normalized spacial score (nSPS) is 15.4. The van der Waals surface area contributed by atoms with E-state index < -0.39 is 69.8 Å². The monoisotopic (exact) mass is 947 g/mol. The fraction of sp³-hybridized carbons (Fsp3) is 0.593. The Labute approximate surface area is 408 Å². The average Bonchev–Trinajstić information content (AvgIpc) is 3.24. The molecule has 2 rings (SSSR count). The van der Waals surface area contributed by atoms with Crippen molar-refractivity contribution in [1.82, 2.24) is 31.1 Å². The van der Waals surface area contributed by atoms with E-state index in [1.54, 1.807) is 50.1 Å². The van der Waals surface area contributed by atoms with Crippen LogP contribution in [0, 0.1) is 22.7 Å². The molecule has 14 nitrogen and oxygen atoms in total. The zero-order valence-corrected chi connectivity index (χ0v) is 44.8.